The molecule has 0 bridgehead atoms. The number of benzene rings is 1. The molecule has 9 nitrogen and oxygen atoms in total. The van der Waals surface area contributed by atoms with Gasteiger partial charge in [-0.1, -0.05) is 17.7 Å². The van der Waals surface area contributed by atoms with E-state index in [4.69, 9.17) is 0 Å². The Hall–Kier alpha value is -1.74. The highest BCUT2D eigenvalue weighted by atomic mass is 32.3. The first-order chi connectivity index (χ1) is 9.27. The molecule has 0 aromatic heterocycles. The maximum Gasteiger partial charge on any atom is 0.488 e. The highest BCUT2D eigenvalue weighted by Gasteiger charge is 2.26. The van der Waals surface area contributed by atoms with Crippen LogP contribution in [0.3, 0.4) is 0 Å². The lowest BCUT2D eigenvalue weighted by Crippen LogP contribution is -2.09. The summed E-state index contributed by atoms with van der Waals surface area (Å²) in [6.45, 7) is 0. The molecule has 0 N–H and O–H groups in total. The van der Waals surface area contributed by atoms with Crippen LogP contribution >= 0.6 is 0 Å². The fourth-order valence-electron chi connectivity index (χ4n) is 1.02. The van der Waals surface area contributed by atoms with E-state index in [0.29, 0.717) is 12.1 Å². The van der Waals surface area contributed by atoms with E-state index >= 15 is 0 Å². The Bertz CT molecular complexity index is 790. The number of hydrogen-bond acceptors (Lipinski definition) is 9. The standard InChI is InChI=1S/C6H3F3O9S3/c7-19(10,11)16-4-2-1-3-5(17-20(8,12)13)6(4)18-21(9,14)15/h1-3H. The Morgan fingerprint density at radius 3 is 1.29 bits per heavy atom. The first-order valence-corrected chi connectivity index (χ1v) is 8.25. The summed E-state index contributed by atoms with van der Waals surface area (Å²) < 4.78 is 110. The van der Waals surface area contributed by atoms with Crippen molar-refractivity contribution in [1.29, 1.82) is 0 Å². The van der Waals surface area contributed by atoms with Crippen molar-refractivity contribution in [3.63, 3.8) is 0 Å². The molecule has 15 heteroatoms. The molecule has 1 aromatic carbocycles. The second-order valence-corrected chi connectivity index (χ2v) is 5.87. The zero-order valence-electron chi connectivity index (χ0n) is 9.26. The van der Waals surface area contributed by atoms with Crippen LogP contribution in [-0.4, -0.2) is 25.3 Å². The monoisotopic (exact) mass is 372 g/mol. The van der Waals surface area contributed by atoms with Crippen LogP contribution in [0.2, 0.25) is 0 Å². The van der Waals surface area contributed by atoms with Crippen LogP contribution in [-0.2, 0) is 31.5 Å². The molecular weight excluding hydrogens is 369 g/mol. The molecule has 0 saturated heterocycles. The van der Waals surface area contributed by atoms with Crippen LogP contribution < -0.4 is 12.5 Å². The van der Waals surface area contributed by atoms with Crippen LogP contribution in [0.5, 0.6) is 17.2 Å². The molecule has 1 rings (SSSR count). The molecule has 0 aliphatic heterocycles. The molecule has 21 heavy (non-hydrogen) atoms. The molecule has 0 radical (unpaired) electrons. The second kappa shape index (κ2) is 5.57. The summed E-state index contributed by atoms with van der Waals surface area (Å²) in [4.78, 5) is 0. The molecule has 0 spiro atoms. The lowest BCUT2D eigenvalue weighted by Gasteiger charge is -2.10. The van der Waals surface area contributed by atoms with E-state index in [1.807, 2.05) is 0 Å². The van der Waals surface area contributed by atoms with Crippen molar-refractivity contribution in [1.82, 2.24) is 0 Å². The van der Waals surface area contributed by atoms with Gasteiger partial charge in [0.05, 0.1) is 0 Å². The SMILES string of the molecule is O=S(=O)(F)Oc1cccc(OS(=O)(=O)F)c1OS(=O)(=O)F. The minimum absolute atomic E-state index is 0.551. The van der Waals surface area contributed by atoms with Crippen LogP contribution in [0.25, 0.3) is 0 Å². The Kier molecular flexibility index (Phi) is 4.59. The van der Waals surface area contributed by atoms with Crippen molar-refractivity contribution in [2.45, 2.75) is 0 Å². The van der Waals surface area contributed by atoms with Crippen molar-refractivity contribution >= 4 is 31.5 Å². The molecule has 0 heterocycles. The van der Waals surface area contributed by atoms with Crippen LogP contribution in [0.15, 0.2) is 18.2 Å². The number of halogens is 3. The second-order valence-electron chi connectivity index (χ2n) is 3.01. The highest BCUT2D eigenvalue weighted by Crippen LogP contribution is 2.40. The van der Waals surface area contributed by atoms with Crippen molar-refractivity contribution in [2.75, 3.05) is 0 Å². The van der Waals surface area contributed by atoms with Gasteiger partial charge >= 0.3 is 31.5 Å². The van der Waals surface area contributed by atoms with E-state index in [1.54, 1.807) is 0 Å². The topological polar surface area (TPSA) is 130 Å². The first kappa shape index (κ1) is 17.3. The third kappa shape index (κ3) is 6.50. The predicted molar refractivity (Wildman–Crippen MR) is 58.4 cm³/mol. The maximum atomic E-state index is 12.5. The quantitative estimate of drug-likeness (QED) is 0.654. The molecule has 0 saturated carbocycles. The minimum atomic E-state index is -5.83. The fraction of sp³-hybridized carbons (Fsp3) is 0. The van der Waals surface area contributed by atoms with E-state index in [9.17, 15) is 36.9 Å². The largest absolute Gasteiger partial charge is 0.488 e. The molecule has 0 amide bonds. The predicted octanol–water partition coefficient (Wildman–Crippen LogP) is 0.466. The zero-order chi connectivity index (χ0) is 16.5. The number of rotatable bonds is 6. The van der Waals surface area contributed by atoms with E-state index in [-0.39, 0.29) is 0 Å². The van der Waals surface area contributed by atoms with Crippen LogP contribution in [0, 0.1) is 0 Å². The molecule has 0 unspecified atom stereocenters. The minimum Gasteiger partial charge on any atom is -0.354 e. The number of para-hydroxylation sites is 1. The van der Waals surface area contributed by atoms with Crippen LogP contribution in [0.1, 0.15) is 0 Å². The molecule has 0 aliphatic carbocycles. The summed E-state index contributed by atoms with van der Waals surface area (Å²) in [5.41, 5.74) is 0. The van der Waals surface area contributed by atoms with Gasteiger partial charge in [-0.2, -0.15) is 25.3 Å². The van der Waals surface area contributed by atoms with Gasteiger partial charge in [0.1, 0.15) is 0 Å². The van der Waals surface area contributed by atoms with Gasteiger partial charge in [-0.15, -0.1) is 0 Å². The molecular formula is C6H3F3O9S3. The normalized spacial score (nSPS) is 12.7. The van der Waals surface area contributed by atoms with Crippen molar-refractivity contribution in [3.05, 3.63) is 18.2 Å². The average Bonchev–Trinajstić information content (AvgIpc) is 2.16. The molecule has 0 atom stereocenters. The van der Waals surface area contributed by atoms with Crippen molar-refractivity contribution in [3.8, 4) is 17.2 Å². The fourth-order valence-corrected chi connectivity index (χ4v) is 2.08. The lowest BCUT2D eigenvalue weighted by molar-refractivity contribution is 0.390. The Morgan fingerprint density at radius 2 is 1.00 bits per heavy atom. The first-order valence-electron chi connectivity index (χ1n) is 4.32. The van der Waals surface area contributed by atoms with E-state index < -0.39 is 48.8 Å². The summed E-state index contributed by atoms with van der Waals surface area (Å²) in [5.74, 6) is -4.15. The van der Waals surface area contributed by atoms with Crippen molar-refractivity contribution < 1.29 is 49.5 Å². The summed E-state index contributed by atoms with van der Waals surface area (Å²) in [6.07, 6.45) is 0. The summed E-state index contributed by atoms with van der Waals surface area (Å²) >= 11 is 0. The molecule has 1 aromatic rings. The zero-order valence-corrected chi connectivity index (χ0v) is 11.7. The van der Waals surface area contributed by atoms with Gasteiger partial charge in [0.15, 0.2) is 11.5 Å². The van der Waals surface area contributed by atoms with Crippen molar-refractivity contribution in [2.24, 2.45) is 0 Å². The van der Waals surface area contributed by atoms with Gasteiger partial charge in [-0.05, 0) is 12.1 Å². The third-order valence-electron chi connectivity index (χ3n) is 1.50. The Morgan fingerprint density at radius 1 is 0.667 bits per heavy atom. The van der Waals surface area contributed by atoms with E-state index in [2.05, 4.69) is 12.5 Å². The molecule has 120 valence electrons. The van der Waals surface area contributed by atoms with Gasteiger partial charge in [-0.3, -0.25) is 0 Å². The maximum absolute atomic E-state index is 12.5. The Balaban J connectivity index is 3.47. The van der Waals surface area contributed by atoms with Gasteiger partial charge in [0.25, 0.3) is 0 Å². The average molecular weight is 372 g/mol. The summed E-state index contributed by atoms with van der Waals surface area (Å²) in [6, 6.07) is 1.85. The van der Waals surface area contributed by atoms with E-state index in [0.717, 1.165) is 6.07 Å². The van der Waals surface area contributed by atoms with Gasteiger partial charge in [0, 0.05) is 0 Å². The smallest absolute Gasteiger partial charge is 0.354 e. The lowest BCUT2D eigenvalue weighted by atomic mass is 10.3. The molecule has 0 fully saturated rings. The van der Waals surface area contributed by atoms with Gasteiger partial charge in [0.2, 0.25) is 5.75 Å². The van der Waals surface area contributed by atoms with Gasteiger partial charge < -0.3 is 12.5 Å². The summed E-state index contributed by atoms with van der Waals surface area (Å²) in [7, 11) is -17.3. The van der Waals surface area contributed by atoms with E-state index in [1.165, 1.54) is 0 Å². The van der Waals surface area contributed by atoms with Gasteiger partial charge in [-0.25, -0.2) is 0 Å². The Labute approximate surface area is 117 Å². The third-order valence-corrected chi connectivity index (χ3v) is 2.63. The molecule has 0 aliphatic rings. The number of hydrogen-bond donors (Lipinski definition) is 0. The summed E-state index contributed by atoms with van der Waals surface area (Å²) in [5, 5.41) is 0. The highest BCUT2D eigenvalue weighted by molar-refractivity contribution is 7.82. The van der Waals surface area contributed by atoms with Crippen LogP contribution in [0.4, 0.5) is 11.7 Å².